The number of likely N-dealkylation sites (tertiary alicyclic amines) is 1. The molecule has 0 atom stereocenters. The lowest BCUT2D eigenvalue weighted by molar-refractivity contribution is -0.0972. The second-order valence-corrected chi connectivity index (χ2v) is 7.44. The van der Waals surface area contributed by atoms with Crippen molar-refractivity contribution in [3.8, 4) is 0 Å². The van der Waals surface area contributed by atoms with Gasteiger partial charge in [0.05, 0.1) is 13.2 Å². The Balaban J connectivity index is 0.00000161. The average molecular weight is 407 g/mol. The maximum absolute atomic E-state index is 5.33. The monoisotopic (exact) mass is 407 g/mol. The molecule has 0 aromatic rings. The maximum atomic E-state index is 5.33. The summed E-state index contributed by atoms with van der Waals surface area (Å²) in [6.45, 7) is 7.39. The highest BCUT2D eigenvalue weighted by Crippen LogP contribution is 2.43. The fraction of sp³-hybridized carbons (Fsp3) is 0.938. The van der Waals surface area contributed by atoms with E-state index in [4.69, 9.17) is 4.74 Å². The fourth-order valence-electron chi connectivity index (χ4n) is 4.00. The number of guanidine groups is 1. The Bertz CT molecular complexity index is 376. The fourth-order valence-corrected chi connectivity index (χ4v) is 4.00. The summed E-state index contributed by atoms with van der Waals surface area (Å²) < 4.78 is 5.33. The molecule has 5 heteroatoms. The van der Waals surface area contributed by atoms with Crippen molar-refractivity contribution in [2.75, 3.05) is 39.9 Å². The van der Waals surface area contributed by atoms with Gasteiger partial charge in [-0.1, -0.05) is 26.2 Å². The second kappa shape index (κ2) is 7.02. The Labute approximate surface area is 146 Å². The van der Waals surface area contributed by atoms with E-state index in [2.05, 4.69) is 22.1 Å². The third kappa shape index (κ3) is 3.84. The second-order valence-electron chi connectivity index (χ2n) is 7.44. The first-order valence-electron chi connectivity index (χ1n) is 8.18. The van der Waals surface area contributed by atoms with Crippen LogP contribution in [-0.2, 0) is 4.74 Å². The van der Waals surface area contributed by atoms with E-state index in [1.807, 2.05) is 7.05 Å². The summed E-state index contributed by atoms with van der Waals surface area (Å²) in [7, 11) is 1.91. The van der Waals surface area contributed by atoms with E-state index in [0.29, 0.717) is 10.8 Å². The minimum Gasteiger partial charge on any atom is -0.380 e. The summed E-state index contributed by atoms with van der Waals surface area (Å²) in [5, 5.41) is 3.57. The molecule has 3 fully saturated rings. The Morgan fingerprint density at radius 2 is 1.90 bits per heavy atom. The molecular formula is C16H30IN3O. The predicted molar refractivity (Wildman–Crippen MR) is 97.4 cm³/mol. The summed E-state index contributed by atoms with van der Waals surface area (Å²) in [6.07, 6.45) is 8.49. The molecule has 3 aliphatic rings. The number of nitrogens with zero attached hydrogens (tertiary/aromatic N) is 2. The normalized spacial score (nSPS) is 27.1. The summed E-state index contributed by atoms with van der Waals surface area (Å²) in [5.74, 6) is 1.10. The number of ether oxygens (including phenoxy) is 1. The smallest absolute Gasteiger partial charge is 0.193 e. The third-order valence-corrected chi connectivity index (χ3v) is 5.44. The first kappa shape index (κ1) is 17.3. The van der Waals surface area contributed by atoms with Crippen LogP contribution in [0, 0.1) is 10.8 Å². The van der Waals surface area contributed by atoms with E-state index < -0.39 is 0 Å². The highest BCUT2D eigenvalue weighted by atomic mass is 127. The lowest BCUT2D eigenvalue weighted by Gasteiger charge is -2.39. The van der Waals surface area contributed by atoms with Crippen molar-refractivity contribution in [2.45, 2.75) is 45.4 Å². The van der Waals surface area contributed by atoms with Gasteiger partial charge in [0.1, 0.15) is 0 Å². The molecule has 4 nitrogen and oxygen atoms in total. The summed E-state index contributed by atoms with van der Waals surface area (Å²) in [4.78, 5) is 6.98. The number of nitrogens with one attached hydrogen (secondary N) is 1. The van der Waals surface area contributed by atoms with Gasteiger partial charge in [0, 0.05) is 32.1 Å². The van der Waals surface area contributed by atoms with Crippen LogP contribution >= 0.6 is 24.0 Å². The van der Waals surface area contributed by atoms with Gasteiger partial charge in [0.2, 0.25) is 0 Å². The minimum absolute atomic E-state index is 0. The summed E-state index contributed by atoms with van der Waals surface area (Å²) >= 11 is 0. The number of aliphatic imine (C=N–C) groups is 1. The van der Waals surface area contributed by atoms with Crippen LogP contribution in [-0.4, -0.2) is 50.8 Å². The molecule has 1 N–H and O–H groups in total. The molecule has 1 spiro atoms. The molecule has 2 aliphatic heterocycles. The van der Waals surface area contributed by atoms with Gasteiger partial charge < -0.3 is 15.0 Å². The zero-order valence-electron chi connectivity index (χ0n) is 13.5. The lowest BCUT2D eigenvalue weighted by Crippen LogP contribution is -2.51. The van der Waals surface area contributed by atoms with Crippen molar-refractivity contribution in [3.05, 3.63) is 0 Å². The SMILES string of the molecule is CN=C(NCC1(C)COC1)N1CCC2(CCCCC2)C1.I. The highest BCUT2D eigenvalue weighted by molar-refractivity contribution is 14.0. The van der Waals surface area contributed by atoms with Crippen molar-refractivity contribution in [3.63, 3.8) is 0 Å². The van der Waals surface area contributed by atoms with Crippen LogP contribution in [0.2, 0.25) is 0 Å². The molecule has 0 aromatic carbocycles. The van der Waals surface area contributed by atoms with Crippen molar-refractivity contribution in [2.24, 2.45) is 15.8 Å². The highest BCUT2D eigenvalue weighted by Gasteiger charge is 2.40. The lowest BCUT2D eigenvalue weighted by atomic mass is 9.73. The van der Waals surface area contributed by atoms with Crippen LogP contribution in [0.3, 0.4) is 0 Å². The summed E-state index contributed by atoms with van der Waals surface area (Å²) in [6, 6.07) is 0. The van der Waals surface area contributed by atoms with Crippen LogP contribution in [0.4, 0.5) is 0 Å². The molecule has 3 rings (SSSR count). The predicted octanol–water partition coefficient (Wildman–Crippen LogP) is 2.87. The average Bonchev–Trinajstić information content (AvgIpc) is 2.82. The zero-order chi connectivity index (χ0) is 14.1. The molecule has 122 valence electrons. The van der Waals surface area contributed by atoms with Crippen LogP contribution in [0.25, 0.3) is 0 Å². The first-order valence-corrected chi connectivity index (χ1v) is 8.18. The van der Waals surface area contributed by atoms with Crippen LogP contribution in [0.1, 0.15) is 45.4 Å². The van der Waals surface area contributed by atoms with Crippen LogP contribution in [0.15, 0.2) is 4.99 Å². The molecule has 2 heterocycles. The van der Waals surface area contributed by atoms with Gasteiger partial charge in [-0.05, 0) is 24.7 Å². The van der Waals surface area contributed by atoms with Crippen molar-refractivity contribution < 1.29 is 4.74 Å². The molecule has 0 bridgehead atoms. The zero-order valence-corrected chi connectivity index (χ0v) is 15.8. The molecule has 21 heavy (non-hydrogen) atoms. The topological polar surface area (TPSA) is 36.9 Å². The van der Waals surface area contributed by atoms with E-state index >= 15 is 0 Å². The Kier molecular flexibility index (Phi) is 5.79. The van der Waals surface area contributed by atoms with Crippen LogP contribution in [0.5, 0.6) is 0 Å². The van der Waals surface area contributed by atoms with E-state index in [1.54, 1.807) is 0 Å². The van der Waals surface area contributed by atoms with Gasteiger partial charge in [0.25, 0.3) is 0 Å². The van der Waals surface area contributed by atoms with Crippen molar-refractivity contribution in [1.29, 1.82) is 0 Å². The Hall–Kier alpha value is -0.0400. The van der Waals surface area contributed by atoms with Gasteiger partial charge in [-0.15, -0.1) is 24.0 Å². The standard InChI is InChI=1S/C16H29N3O.HI/c1-15(12-20-13-15)10-18-14(17-2)19-9-8-16(11-19)6-4-3-5-7-16;/h3-13H2,1-2H3,(H,17,18);1H. The number of halogens is 1. The van der Waals surface area contributed by atoms with E-state index in [1.165, 1.54) is 51.6 Å². The molecule has 2 saturated heterocycles. The van der Waals surface area contributed by atoms with Gasteiger partial charge in [-0.3, -0.25) is 4.99 Å². The molecule has 0 aromatic heterocycles. The molecule has 0 unspecified atom stereocenters. The molecule has 0 amide bonds. The van der Waals surface area contributed by atoms with E-state index in [0.717, 1.165) is 25.7 Å². The Morgan fingerprint density at radius 1 is 1.19 bits per heavy atom. The first-order chi connectivity index (χ1) is 9.65. The van der Waals surface area contributed by atoms with Gasteiger partial charge in [-0.25, -0.2) is 0 Å². The molecule has 1 aliphatic carbocycles. The number of hydrogen-bond acceptors (Lipinski definition) is 2. The van der Waals surface area contributed by atoms with Gasteiger partial charge >= 0.3 is 0 Å². The maximum Gasteiger partial charge on any atom is 0.193 e. The quantitative estimate of drug-likeness (QED) is 0.435. The van der Waals surface area contributed by atoms with Gasteiger partial charge in [0.15, 0.2) is 5.96 Å². The molecule has 1 saturated carbocycles. The Morgan fingerprint density at radius 3 is 2.48 bits per heavy atom. The van der Waals surface area contributed by atoms with Gasteiger partial charge in [-0.2, -0.15) is 0 Å². The van der Waals surface area contributed by atoms with E-state index in [-0.39, 0.29) is 24.0 Å². The van der Waals surface area contributed by atoms with Crippen molar-refractivity contribution in [1.82, 2.24) is 10.2 Å². The number of hydrogen-bond donors (Lipinski definition) is 1. The molecule has 0 radical (unpaired) electrons. The third-order valence-electron chi connectivity index (χ3n) is 5.44. The van der Waals surface area contributed by atoms with E-state index in [9.17, 15) is 0 Å². The minimum atomic E-state index is 0. The van der Waals surface area contributed by atoms with Crippen molar-refractivity contribution >= 4 is 29.9 Å². The molecular weight excluding hydrogens is 377 g/mol. The number of rotatable bonds is 2. The van der Waals surface area contributed by atoms with Crippen LogP contribution < -0.4 is 5.32 Å². The summed E-state index contributed by atoms with van der Waals surface area (Å²) in [5.41, 5.74) is 0.900. The largest absolute Gasteiger partial charge is 0.380 e.